The minimum atomic E-state index is -4.57. The molecule has 3 aromatic rings. The van der Waals surface area contributed by atoms with Gasteiger partial charge in [0.05, 0.1) is 19.3 Å². The molecular formula is C29H30F6N4. The van der Waals surface area contributed by atoms with Crippen LogP contribution in [0.2, 0.25) is 0 Å². The maximum atomic E-state index is 15.7. The maximum absolute atomic E-state index is 15.7. The summed E-state index contributed by atoms with van der Waals surface area (Å²) >= 11 is 0. The first kappa shape index (κ1) is 27.4. The SMILES string of the molecule is C#Cc1ccc2c3c([nH]c2c1)[C@H](c1c(F)cc(N[C@H]2CCN(CCCF)C2)cc1F)N(CC(F)(F)F)[C@@H](C)C3. The van der Waals surface area contributed by atoms with Crippen LogP contribution in [0.15, 0.2) is 30.3 Å². The number of aromatic nitrogens is 1. The Balaban J connectivity index is 1.53. The van der Waals surface area contributed by atoms with Gasteiger partial charge in [0.1, 0.15) is 11.6 Å². The van der Waals surface area contributed by atoms with Gasteiger partial charge in [0.15, 0.2) is 0 Å². The van der Waals surface area contributed by atoms with Crippen LogP contribution in [0.1, 0.15) is 48.2 Å². The van der Waals surface area contributed by atoms with E-state index in [2.05, 4.69) is 21.1 Å². The number of hydrogen-bond acceptors (Lipinski definition) is 3. The molecule has 2 aliphatic heterocycles. The van der Waals surface area contributed by atoms with Crippen molar-refractivity contribution in [2.24, 2.45) is 0 Å². The molecule has 0 bridgehead atoms. The van der Waals surface area contributed by atoms with E-state index in [1.807, 2.05) is 0 Å². The summed E-state index contributed by atoms with van der Waals surface area (Å²) in [4.78, 5) is 6.33. The lowest BCUT2D eigenvalue weighted by Crippen LogP contribution is -2.47. The molecule has 3 atom stereocenters. The summed E-state index contributed by atoms with van der Waals surface area (Å²) < 4.78 is 85.0. The zero-order chi connectivity index (χ0) is 27.9. The quantitative estimate of drug-likeness (QED) is 0.274. The van der Waals surface area contributed by atoms with Gasteiger partial charge >= 0.3 is 6.18 Å². The second kappa shape index (κ2) is 10.8. The molecule has 3 heterocycles. The Morgan fingerprint density at radius 2 is 1.90 bits per heavy atom. The van der Waals surface area contributed by atoms with Crippen molar-refractivity contribution in [3.05, 3.63) is 64.4 Å². The van der Waals surface area contributed by atoms with E-state index in [1.165, 1.54) is 0 Å². The Morgan fingerprint density at radius 3 is 2.56 bits per heavy atom. The monoisotopic (exact) mass is 548 g/mol. The largest absolute Gasteiger partial charge is 0.401 e. The van der Waals surface area contributed by atoms with E-state index >= 15 is 8.78 Å². The Labute approximate surface area is 223 Å². The van der Waals surface area contributed by atoms with Crippen molar-refractivity contribution in [2.75, 3.05) is 38.2 Å². The second-order valence-corrected chi connectivity index (χ2v) is 10.5. The predicted molar refractivity (Wildman–Crippen MR) is 139 cm³/mol. The average molecular weight is 549 g/mol. The Morgan fingerprint density at radius 1 is 1.15 bits per heavy atom. The molecule has 10 heteroatoms. The fourth-order valence-corrected chi connectivity index (χ4v) is 6.02. The van der Waals surface area contributed by atoms with Crippen LogP contribution in [0.25, 0.3) is 10.9 Å². The number of anilines is 1. The van der Waals surface area contributed by atoms with Gasteiger partial charge in [0.25, 0.3) is 0 Å². The van der Waals surface area contributed by atoms with E-state index in [0.29, 0.717) is 36.3 Å². The van der Waals surface area contributed by atoms with E-state index in [9.17, 15) is 17.6 Å². The molecule has 0 radical (unpaired) electrons. The molecule has 1 aromatic heterocycles. The van der Waals surface area contributed by atoms with Crippen LogP contribution < -0.4 is 5.32 Å². The average Bonchev–Trinajstić information content (AvgIpc) is 3.46. The van der Waals surface area contributed by atoms with Gasteiger partial charge in [-0.05, 0) is 56.0 Å². The number of nitrogens with one attached hydrogen (secondary N) is 2. The van der Waals surface area contributed by atoms with Crippen LogP contribution in [-0.2, 0) is 6.42 Å². The standard InChI is InChI=1S/C29H30F6N4/c1-3-18-5-6-21-22-11-17(2)39(16-29(33,34)35)28(27(22)37-25(21)12-18)26-23(31)13-20(14-24(26)32)36-19-7-10-38(15-19)9-4-8-30/h1,5-6,12-14,17,19,28,36-37H,4,7-11,15-16H2,2H3/t17-,19-,28-/m0/s1. The zero-order valence-electron chi connectivity index (χ0n) is 21.5. The highest BCUT2D eigenvalue weighted by molar-refractivity contribution is 5.86. The molecule has 4 nitrogen and oxygen atoms in total. The summed E-state index contributed by atoms with van der Waals surface area (Å²) in [5.74, 6) is 0.680. The highest BCUT2D eigenvalue weighted by atomic mass is 19.4. The summed E-state index contributed by atoms with van der Waals surface area (Å²) in [7, 11) is 0. The third kappa shape index (κ3) is 5.61. The van der Waals surface area contributed by atoms with Gasteiger partial charge in [-0.3, -0.25) is 9.29 Å². The number of hydrogen-bond donors (Lipinski definition) is 2. The Kier molecular flexibility index (Phi) is 7.57. The van der Waals surface area contributed by atoms with Crippen LogP contribution in [0, 0.1) is 24.0 Å². The summed E-state index contributed by atoms with van der Waals surface area (Å²) in [6.45, 7) is 1.89. The number of benzene rings is 2. The van der Waals surface area contributed by atoms with Crippen molar-refractivity contribution in [3.63, 3.8) is 0 Å². The molecule has 0 unspecified atom stereocenters. The minimum Gasteiger partial charge on any atom is -0.381 e. The van der Waals surface area contributed by atoms with Crippen molar-refractivity contribution in [3.8, 4) is 12.3 Å². The number of rotatable bonds is 7. The molecule has 2 aliphatic rings. The Hall–Kier alpha value is -3.16. The molecule has 208 valence electrons. The van der Waals surface area contributed by atoms with E-state index in [0.717, 1.165) is 40.9 Å². The van der Waals surface area contributed by atoms with Crippen molar-refractivity contribution in [1.29, 1.82) is 0 Å². The number of nitrogens with zero attached hydrogens (tertiary/aromatic N) is 2. The molecule has 2 aromatic carbocycles. The van der Waals surface area contributed by atoms with Crippen LogP contribution in [0.3, 0.4) is 0 Å². The molecule has 39 heavy (non-hydrogen) atoms. The number of likely N-dealkylation sites (tertiary alicyclic amines) is 1. The van der Waals surface area contributed by atoms with E-state index < -0.39 is 48.7 Å². The number of alkyl halides is 4. The van der Waals surface area contributed by atoms with Gasteiger partial charge < -0.3 is 15.2 Å². The first-order valence-corrected chi connectivity index (χ1v) is 13.1. The van der Waals surface area contributed by atoms with Crippen molar-refractivity contribution in [2.45, 2.75) is 50.5 Å². The zero-order valence-corrected chi connectivity index (χ0v) is 21.5. The first-order chi connectivity index (χ1) is 18.6. The minimum absolute atomic E-state index is 0.0728. The van der Waals surface area contributed by atoms with Gasteiger partial charge in [-0.25, -0.2) is 8.78 Å². The number of aromatic amines is 1. The van der Waals surface area contributed by atoms with Crippen LogP contribution in [0.5, 0.6) is 0 Å². The van der Waals surface area contributed by atoms with E-state index in [-0.39, 0.29) is 18.2 Å². The lowest BCUT2D eigenvalue weighted by molar-refractivity contribution is -0.155. The second-order valence-electron chi connectivity index (χ2n) is 10.5. The summed E-state index contributed by atoms with van der Waals surface area (Å²) in [5.41, 5.74) is 2.04. The van der Waals surface area contributed by atoms with E-state index in [1.54, 1.807) is 25.1 Å². The molecule has 2 N–H and O–H groups in total. The van der Waals surface area contributed by atoms with Crippen molar-refractivity contribution >= 4 is 16.6 Å². The van der Waals surface area contributed by atoms with Crippen LogP contribution in [0.4, 0.5) is 32.0 Å². The van der Waals surface area contributed by atoms with E-state index in [4.69, 9.17) is 6.42 Å². The number of halogens is 6. The van der Waals surface area contributed by atoms with Gasteiger partial charge in [0, 0.05) is 65.1 Å². The molecule has 0 aliphatic carbocycles. The van der Waals surface area contributed by atoms with Crippen molar-refractivity contribution in [1.82, 2.24) is 14.8 Å². The molecule has 0 amide bonds. The predicted octanol–water partition coefficient (Wildman–Crippen LogP) is 6.17. The Bertz CT molecular complexity index is 1370. The van der Waals surface area contributed by atoms with Gasteiger partial charge in [0.2, 0.25) is 0 Å². The number of fused-ring (bicyclic) bond motifs is 3. The fraction of sp³-hybridized carbons (Fsp3) is 0.448. The van der Waals surface area contributed by atoms with Crippen LogP contribution >= 0.6 is 0 Å². The molecule has 0 spiro atoms. The molecule has 1 saturated heterocycles. The van der Waals surface area contributed by atoms with Gasteiger partial charge in [-0.1, -0.05) is 12.0 Å². The van der Waals surface area contributed by atoms with Crippen molar-refractivity contribution < 1.29 is 26.3 Å². The smallest absolute Gasteiger partial charge is 0.381 e. The molecule has 1 fully saturated rings. The number of H-pyrrole nitrogens is 1. The topological polar surface area (TPSA) is 34.3 Å². The summed E-state index contributed by atoms with van der Waals surface area (Å²) in [6, 6.07) is 5.50. The highest BCUT2D eigenvalue weighted by Crippen LogP contribution is 2.44. The maximum Gasteiger partial charge on any atom is 0.401 e. The molecular weight excluding hydrogens is 518 g/mol. The van der Waals surface area contributed by atoms with Crippen LogP contribution in [-0.4, -0.2) is 65.9 Å². The number of terminal acetylenes is 1. The third-order valence-corrected chi connectivity index (χ3v) is 7.74. The lowest BCUT2D eigenvalue weighted by Gasteiger charge is -2.41. The lowest BCUT2D eigenvalue weighted by atomic mass is 9.88. The normalized spacial score (nSPS) is 22.3. The van der Waals surface area contributed by atoms with Gasteiger partial charge in [-0.15, -0.1) is 6.42 Å². The molecule has 0 saturated carbocycles. The summed E-state index contributed by atoms with van der Waals surface area (Å²) in [5, 5.41) is 3.90. The fourth-order valence-electron chi connectivity index (χ4n) is 6.02. The molecule has 5 rings (SSSR count). The third-order valence-electron chi connectivity index (χ3n) is 7.74. The summed E-state index contributed by atoms with van der Waals surface area (Å²) in [6.07, 6.45) is 2.38. The highest BCUT2D eigenvalue weighted by Gasteiger charge is 2.43. The first-order valence-electron chi connectivity index (χ1n) is 13.1. The van der Waals surface area contributed by atoms with Gasteiger partial charge in [-0.2, -0.15) is 13.2 Å².